The summed E-state index contributed by atoms with van der Waals surface area (Å²) in [5, 5.41) is 0. The lowest BCUT2D eigenvalue weighted by Crippen LogP contribution is -2.07. The molecule has 0 aliphatic rings. The van der Waals surface area contributed by atoms with Crippen molar-refractivity contribution in [3.8, 4) is 5.75 Å². The molecule has 0 fully saturated rings. The first-order valence-corrected chi connectivity index (χ1v) is 5.14. The van der Waals surface area contributed by atoms with Crippen molar-refractivity contribution in [2.75, 3.05) is 7.11 Å². The molecule has 1 aromatic rings. The Labute approximate surface area is 93.2 Å². The second-order valence-electron chi connectivity index (χ2n) is 3.80. The van der Waals surface area contributed by atoms with Gasteiger partial charge in [-0.1, -0.05) is 13.8 Å². The van der Waals surface area contributed by atoms with Gasteiger partial charge in [0.2, 0.25) is 0 Å². The van der Waals surface area contributed by atoms with E-state index in [1.807, 2.05) is 13.8 Å². The minimum atomic E-state index is -4.32. The van der Waals surface area contributed by atoms with Crippen molar-refractivity contribution < 1.29 is 17.9 Å². The Balaban J connectivity index is 3.21. The number of ether oxygens (including phenoxy) is 1. The fourth-order valence-corrected chi connectivity index (χ4v) is 1.42. The zero-order valence-electron chi connectivity index (χ0n) is 9.56. The molecule has 0 spiro atoms. The van der Waals surface area contributed by atoms with Gasteiger partial charge in [0.05, 0.1) is 12.7 Å². The fraction of sp³-hybridized carbons (Fsp3) is 0.500. The highest BCUT2D eigenvalue weighted by Gasteiger charge is 2.31. The second-order valence-corrected chi connectivity index (χ2v) is 3.80. The molecule has 4 heteroatoms. The van der Waals surface area contributed by atoms with Gasteiger partial charge in [-0.2, -0.15) is 13.2 Å². The van der Waals surface area contributed by atoms with Crippen LogP contribution in [0.15, 0.2) is 18.2 Å². The van der Waals surface area contributed by atoms with Crippen LogP contribution < -0.4 is 4.74 Å². The molecule has 0 aliphatic heterocycles. The Morgan fingerprint density at radius 1 is 1.25 bits per heavy atom. The molecule has 1 aromatic carbocycles. The SMILES string of the molecule is CCC(C)c1cc(OC)cc(C(F)(F)F)c1. The highest BCUT2D eigenvalue weighted by Crippen LogP contribution is 2.34. The van der Waals surface area contributed by atoms with E-state index in [2.05, 4.69) is 0 Å². The average Bonchev–Trinajstić information content (AvgIpc) is 2.26. The van der Waals surface area contributed by atoms with Crippen LogP contribution in [0.2, 0.25) is 0 Å². The molecule has 0 heterocycles. The van der Waals surface area contributed by atoms with Gasteiger partial charge in [-0.15, -0.1) is 0 Å². The summed E-state index contributed by atoms with van der Waals surface area (Å²) < 4.78 is 42.7. The van der Waals surface area contributed by atoms with Crippen LogP contribution >= 0.6 is 0 Å². The largest absolute Gasteiger partial charge is 0.497 e. The van der Waals surface area contributed by atoms with Crippen LogP contribution in [-0.4, -0.2) is 7.11 Å². The molecule has 1 unspecified atom stereocenters. The van der Waals surface area contributed by atoms with Gasteiger partial charge in [0.15, 0.2) is 0 Å². The highest BCUT2D eigenvalue weighted by atomic mass is 19.4. The first-order chi connectivity index (χ1) is 7.38. The lowest BCUT2D eigenvalue weighted by molar-refractivity contribution is -0.137. The van der Waals surface area contributed by atoms with Crippen molar-refractivity contribution >= 4 is 0 Å². The first-order valence-electron chi connectivity index (χ1n) is 5.14. The summed E-state index contributed by atoms with van der Waals surface area (Å²) in [6.45, 7) is 3.84. The van der Waals surface area contributed by atoms with E-state index in [4.69, 9.17) is 4.74 Å². The minimum Gasteiger partial charge on any atom is -0.497 e. The van der Waals surface area contributed by atoms with Crippen LogP contribution in [-0.2, 0) is 6.18 Å². The number of hydrogen-bond donors (Lipinski definition) is 0. The van der Waals surface area contributed by atoms with E-state index in [0.29, 0.717) is 5.56 Å². The van der Waals surface area contributed by atoms with Crippen molar-refractivity contribution in [3.63, 3.8) is 0 Å². The molecule has 1 atom stereocenters. The molecular weight excluding hydrogens is 217 g/mol. The van der Waals surface area contributed by atoms with Gasteiger partial charge in [-0.05, 0) is 36.1 Å². The van der Waals surface area contributed by atoms with Gasteiger partial charge in [0.1, 0.15) is 5.75 Å². The van der Waals surface area contributed by atoms with Crippen LogP contribution in [0.4, 0.5) is 13.2 Å². The molecule has 0 aromatic heterocycles. The lowest BCUT2D eigenvalue weighted by Gasteiger charge is -2.15. The summed E-state index contributed by atoms with van der Waals surface area (Å²) in [6.07, 6.45) is -3.53. The predicted molar refractivity (Wildman–Crippen MR) is 56.7 cm³/mol. The quantitative estimate of drug-likeness (QED) is 0.757. The monoisotopic (exact) mass is 232 g/mol. The molecule has 0 radical (unpaired) electrons. The Hall–Kier alpha value is -1.19. The van der Waals surface area contributed by atoms with Crippen molar-refractivity contribution in [1.82, 2.24) is 0 Å². The maximum atomic E-state index is 12.6. The van der Waals surface area contributed by atoms with Crippen molar-refractivity contribution in [2.24, 2.45) is 0 Å². The summed E-state index contributed by atoms with van der Waals surface area (Å²) in [5.74, 6) is 0.348. The van der Waals surface area contributed by atoms with E-state index >= 15 is 0 Å². The van der Waals surface area contributed by atoms with Gasteiger partial charge >= 0.3 is 6.18 Å². The molecule has 0 saturated heterocycles. The number of alkyl halides is 3. The smallest absolute Gasteiger partial charge is 0.416 e. The molecule has 16 heavy (non-hydrogen) atoms. The number of hydrogen-bond acceptors (Lipinski definition) is 1. The van der Waals surface area contributed by atoms with Gasteiger partial charge in [-0.3, -0.25) is 0 Å². The maximum Gasteiger partial charge on any atom is 0.416 e. The zero-order valence-corrected chi connectivity index (χ0v) is 9.56. The van der Waals surface area contributed by atoms with Crippen LogP contribution in [0.25, 0.3) is 0 Å². The molecule has 0 N–H and O–H groups in total. The van der Waals surface area contributed by atoms with E-state index in [-0.39, 0.29) is 11.7 Å². The normalized spacial score (nSPS) is 13.6. The summed E-state index contributed by atoms with van der Waals surface area (Å²) in [6, 6.07) is 3.87. The summed E-state index contributed by atoms with van der Waals surface area (Å²) >= 11 is 0. The highest BCUT2D eigenvalue weighted by molar-refractivity contribution is 5.37. The second kappa shape index (κ2) is 4.76. The fourth-order valence-electron chi connectivity index (χ4n) is 1.42. The first kappa shape index (κ1) is 12.9. The van der Waals surface area contributed by atoms with Crippen molar-refractivity contribution in [1.29, 1.82) is 0 Å². The van der Waals surface area contributed by atoms with Crippen molar-refractivity contribution in [3.05, 3.63) is 29.3 Å². The number of halogens is 3. The third-order valence-corrected chi connectivity index (χ3v) is 2.67. The standard InChI is InChI=1S/C12H15F3O/c1-4-8(2)9-5-10(12(13,14)15)7-11(6-9)16-3/h5-8H,4H2,1-3H3. The Morgan fingerprint density at radius 3 is 2.31 bits per heavy atom. The topological polar surface area (TPSA) is 9.23 Å². The Morgan fingerprint density at radius 2 is 1.88 bits per heavy atom. The van der Waals surface area contributed by atoms with E-state index in [1.54, 1.807) is 6.07 Å². The molecule has 0 bridgehead atoms. The molecular formula is C12H15F3O. The molecule has 0 aliphatic carbocycles. The molecule has 1 nitrogen and oxygen atoms in total. The number of rotatable bonds is 3. The zero-order chi connectivity index (χ0) is 12.3. The third kappa shape index (κ3) is 2.90. The number of methoxy groups -OCH3 is 1. The predicted octanol–water partition coefficient (Wildman–Crippen LogP) is 4.23. The Bertz CT molecular complexity index is 358. The third-order valence-electron chi connectivity index (χ3n) is 2.67. The van der Waals surface area contributed by atoms with Gasteiger partial charge in [-0.25, -0.2) is 0 Å². The van der Waals surface area contributed by atoms with Crippen LogP contribution in [0.3, 0.4) is 0 Å². The summed E-state index contributed by atoms with van der Waals surface area (Å²) in [4.78, 5) is 0. The van der Waals surface area contributed by atoms with E-state index in [9.17, 15) is 13.2 Å². The summed E-state index contributed by atoms with van der Waals surface area (Å²) in [7, 11) is 1.37. The van der Waals surface area contributed by atoms with Crippen LogP contribution in [0, 0.1) is 0 Å². The van der Waals surface area contributed by atoms with E-state index in [1.165, 1.54) is 13.2 Å². The van der Waals surface area contributed by atoms with Gasteiger partial charge in [0.25, 0.3) is 0 Å². The van der Waals surface area contributed by atoms with Crippen LogP contribution in [0.1, 0.15) is 37.3 Å². The van der Waals surface area contributed by atoms with Gasteiger partial charge in [0, 0.05) is 0 Å². The van der Waals surface area contributed by atoms with E-state index < -0.39 is 11.7 Å². The molecule has 0 amide bonds. The maximum absolute atomic E-state index is 12.6. The van der Waals surface area contributed by atoms with Crippen molar-refractivity contribution in [2.45, 2.75) is 32.4 Å². The molecule has 0 saturated carbocycles. The van der Waals surface area contributed by atoms with E-state index in [0.717, 1.165) is 12.5 Å². The van der Waals surface area contributed by atoms with Gasteiger partial charge < -0.3 is 4.74 Å². The average molecular weight is 232 g/mol. The Kier molecular flexibility index (Phi) is 3.83. The minimum absolute atomic E-state index is 0.0937. The summed E-state index contributed by atoms with van der Waals surface area (Å²) in [5.41, 5.74) is 0.0105. The molecule has 1 rings (SSSR count). The molecule has 90 valence electrons. The number of benzene rings is 1. The van der Waals surface area contributed by atoms with Crippen LogP contribution in [0.5, 0.6) is 5.75 Å². The lowest BCUT2D eigenvalue weighted by atomic mass is 9.96.